The zero-order valence-corrected chi connectivity index (χ0v) is 7.40. The highest BCUT2D eigenvalue weighted by atomic mass is 16.5. The maximum Gasteiger partial charge on any atom is 0.147 e. The molecule has 3 heteroatoms. The standard InChI is InChI=1S/C11H8N2O/c1-2-4-9-8(3-1)5-6-10-11(12-9)7-14-13-10/h1-7,12H. The van der Waals surface area contributed by atoms with Gasteiger partial charge in [-0.1, -0.05) is 29.4 Å². The summed E-state index contributed by atoms with van der Waals surface area (Å²) in [7, 11) is 0. The van der Waals surface area contributed by atoms with Gasteiger partial charge in [-0.15, -0.1) is 0 Å². The largest absolute Gasteiger partial charge is 0.362 e. The van der Waals surface area contributed by atoms with Crippen molar-refractivity contribution in [3.8, 4) is 0 Å². The fourth-order valence-corrected chi connectivity index (χ4v) is 1.53. The predicted octanol–water partition coefficient (Wildman–Crippen LogP) is 2.90. The van der Waals surface area contributed by atoms with Gasteiger partial charge in [0.25, 0.3) is 0 Å². The highest BCUT2D eigenvalue weighted by Gasteiger charge is 2.10. The van der Waals surface area contributed by atoms with Crippen LogP contribution in [0.2, 0.25) is 0 Å². The number of anilines is 2. The Balaban J connectivity index is 2.19. The molecule has 0 aliphatic carbocycles. The van der Waals surface area contributed by atoms with Crippen LogP contribution >= 0.6 is 0 Å². The Morgan fingerprint density at radius 2 is 2.00 bits per heavy atom. The molecule has 3 rings (SSSR count). The SMILES string of the molecule is C1=Cc2nocc2Nc2ccccc21. The van der Waals surface area contributed by atoms with Crippen molar-refractivity contribution in [2.75, 3.05) is 5.32 Å². The van der Waals surface area contributed by atoms with Crippen molar-refractivity contribution in [2.24, 2.45) is 0 Å². The van der Waals surface area contributed by atoms with Gasteiger partial charge in [0.15, 0.2) is 0 Å². The Bertz CT molecular complexity index is 499. The van der Waals surface area contributed by atoms with Crippen molar-refractivity contribution in [1.82, 2.24) is 5.16 Å². The van der Waals surface area contributed by atoms with E-state index >= 15 is 0 Å². The Morgan fingerprint density at radius 3 is 3.00 bits per heavy atom. The lowest BCUT2D eigenvalue weighted by Crippen LogP contribution is -1.90. The third kappa shape index (κ3) is 1.03. The monoisotopic (exact) mass is 184 g/mol. The predicted molar refractivity (Wildman–Crippen MR) is 55.2 cm³/mol. The number of nitrogens with one attached hydrogen (secondary N) is 1. The van der Waals surface area contributed by atoms with E-state index in [0.29, 0.717) is 0 Å². The zero-order chi connectivity index (χ0) is 9.38. The van der Waals surface area contributed by atoms with Gasteiger partial charge in [0, 0.05) is 5.69 Å². The van der Waals surface area contributed by atoms with E-state index in [0.717, 1.165) is 22.6 Å². The summed E-state index contributed by atoms with van der Waals surface area (Å²) in [6, 6.07) is 8.10. The highest BCUT2D eigenvalue weighted by Crippen LogP contribution is 2.28. The topological polar surface area (TPSA) is 38.1 Å². The Hall–Kier alpha value is -2.03. The molecule has 1 aliphatic heterocycles. The molecule has 0 spiro atoms. The minimum atomic E-state index is 0.834. The summed E-state index contributed by atoms with van der Waals surface area (Å²) >= 11 is 0. The van der Waals surface area contributed by atoms with E-state index < -0.39 is 0 Å². The number of fused-ring (bicyclic) bond motifs is 2. The summed E-state index contributed by atoms with van der Waals surface area (Å²) in [4.78, 5) is 0. The van der Waals surface area contributed by atoms with Gasteiger partial charge in [-0.05, 0) is 17.7 Å². The van der Waals surface area contributed by atoms with Crippen LogP contribution in [0.4, 0.5) is 11.4 Å². The van der Waals surface area contributed by atoms with E-state index in [1.54, 1.807) is 6.26 Å². The summed E-state index contributed by atoms with van der Waals surface area (Å²) in [5.41, 5.74) is 3.98. The Labute approximate surface area is 81.0 Å². The zero-order valence-electron chi connectivity index (χ0n) is 7.40. The molecule has 0 amide bonds. The van der Waals surface area contributed by atoms with Gasteiger partial charge in [0.2, 0.25) is 0 Å². The summed E-state index contributed by atoms with van der Waals surface area (Å²) in [6.45, 7) is 0. The molecule has 2 heterocycles. The van der Waals surface area contributed by atoms with Gasteiger partial charge in [-0.2, -0.15) is 0 Å². The minimum absolute atomic E-state index is 0.834. The third-order valence-electron chi connectivity index (χ3n) is 2.25. The van der Waals surface area contributed by atoms with Gasteiger partial charge in [0.1, 0.15) is 17.6 Å². The number of aromatic nitrogens is 1. The van der Waals surface area contributed by atoms with Crippen LogP contribution in [0, 0.1) is 0 Å². The van der Waals surface area contributed by atoms with E-state index in [2.05, 4.69) is 16.5 Å². The normalized spacial score (nSPS) is 12.6. The first kappa shape index (κ1) is 7.38. The Morgan fingerprint density at radius 1 is 1.07 bits per heavy atom. The first-order chi connectivity index (χ1) is 6.93. The van der Waals surface area contributed by atoms with Crippen LogP contribution in [-0.2, 0) is 0 Å². The van der Waals surface area contributed by atoms with Gasteiger partial charge < -0.3 is 9.84 Å². The van der Waals surface area contributed by atoms with Crippen molar-refractivity contribution in [2.45, 2.75) is 0 Å². The Kier molecular flexibility index (Phi) is 1.44. The first-order valence-electron chi connectivity index (χ1n) is 4.42. The molecule has 0 unspecified atom stereocenters. The van der Waals surface area contributed by atoms with Crippen LogP contribution in [0.1, 0.15) is 11.3 Å². The van der Waals surface area contributed by atoms with Crippen LogP contribution < -0.4 is 5.32 Å². The quantitative estimate of drug-likeness (QED) is 0.583. The molecule has 3 nitrogen and oxygen atoms in total. The fourth-order valence-electron chi connectivity index (χ4n) is 1.53. The van der Waals surface area contributed by atoms with Gasteiger partial charge in [-0.3, -0.25) is 0 Å². The molecule has 1 aromatic heterocycles. The summed E-state index contributed by atoms with van der Waals surface area (Å²) < 4.78 is 4.87. The van der Waals surface area contributed by atoms with Crippen LogP contribution in [0.3, 0.4) is 0 Å². The summed E-state index contributed by atoms with van der Waals surface area (Å²) in [6.07, 6.45) is 5.58. The molecule has 1 aromatic carbocycles. The molecule has 1 N–H and O–H groups in total. The van der Waals surface area contributed by atoms with Crippen LogP contribution in [0.5, 0.6) is 0 Å². The molecule has 68 valence electrons. The van der Waals surface area contributed by atoms with Crippen LogP contribution in [0.25, 0.3) is 12.2 Å². The number of hydrogen-bond acceptors (Lipinski definition) is 3. The average molecular weight is 184 g/mol. The molecular weight excluding hydrogens is 176 g/mol. The van der Waals surface area contributed by atoms with Gasteiger partial charge >= 0.3 is 0 Å². The smallest absolute Gasteiger partial charge is 0.147 e. The van der Waals surface area contributed by atoms with E-state index in [-0.39, 0.29) is 0 Å². The average Bonchev–Trinajstić information content (AvgIpc) is 2.58. The molecule has 0 saturated carbocycles. The van der Waals surface area contributed by atoms with Crippen molar-refractivity contribution < 1.29 is 4.52 Å². The molecule has 0 saturated heterocycles. The van der Waals surface area contributed by atoms with Crippen LogP contribution in [-0.4, -0.2) is 5.16 Å². The molecule has 2 aromatic rings. The molecular formula is C11H8N2O. The lowest BCUT2D eigenvalue weighted by molar-refractivity contribution is 0.418. The lowest BCUT2D eigenvalue weighted by Gasteiger charge is -2.04. The lowest BCUT2D eigenvalue weighted by atomic mass is 10.2. The van der Waals surface area contributed by atoms with Crippen LogP contribution in [0.15, 0.2) is 35.1 Å². The number of rotatable bonds is 0. The maximum atomic E-state index is 4.87. The van der Waals surface area contributed by atoms with Gasteiger partial charge in [0.05, 0.1) is 0 Å². The second-order valence-electron chi connectivity index (χ2n) is 3.16. The third-order valence-corrected chi connectivity index (χ3v) is 2.25. The van der Waals surface area contributed by atoms with Crippen molar-refractivity contribution in [3.05, 3.63) is 41.8 Å². The van der Waals surface area contributed by atoms with E-state index in [9.17, 15) is 0 Å². The number of benzene rings is 1. The molecule has 0 fully saturated rings. The molecule has 14 heavy (non-hydrogen) atoms. The second kappa shape index (κ2) is 2.73. The summed E-state index contributed by atoms with van der Waals surface area (Å²) in [5, 5.41) is 7.14. The number of nitrogens with zero attached hydrogens (tertiary/aromatic N) is 1. The fraction of sp³-hybridized carbons (Fsp3) is 0. The second-order valence-corrected chi connectivity index (χ2v) is 3.16. The number of para-hydroxylation sites is 1. The maximum absolute atomic E-state index is 4.87. The van der Waals surface area contributed by atoms with E-state index in [1.165, 1.54) is 0 Å². The molecule has 1 aliphatic rings. The van der Waals surface area contributed by atoms with E-state index in [4.69, 9.17) is 4.52 Å². The molecule has 0 atom stereocenters. The van der Waals surface area contributed by atoms with Crippen molar-refractivity contribution in [1.29, 1.82) is 0 Å². The van der Waals surface area contributed by atoms with Gasteiger partial charge in [-0.25, -0.2) is 0 Å². The molecule has 0 bridgehead atoms. The van der Waals surface area contributed by atoms with E-state index in [1.807, 2.05) is 30.4 Å². The summed E-state index contributed by atoms with van der Waals surface area (Å²) in [5.74, 6) is 0. The first-order valence-corrected chi connectivity index (χ1v) is 4.42. The number of hydrogen-bond donors (Lipinski definition) is 1. The highest BCUT2D eigenvalue weighted by molar-refractivity contribution is 5.85. The minimum Gasteiger partial charge on any atom is -0.362 e. The molecule has 0 radical (unpaired) electrons. The van der Waals surface area contributed by atoms with Crippen molar-refractivity contribution >= 4 is 23.5 Å². The van der Waals surface area contributed by atoms with Crippen molar-refractivity contribution in [3.63, 3.8) is 0 Å².